The first kappa shape index (κ1) is 12.6. The molecule has 0 saturated carbocycles. The van der Waals surface area contributed by atoms with Gasteiger partial charge in [-0.15, -0.1) is 24.8 Å². The number of Topliss-reactive ketones (excluding diaryl/α,β-unsaturated/α-hetero) is 1. The lowest BCUT2D eigenvalue weighted by atomic mass is 10.1. The van der Waals surface area contributed by atoms with Gasteiger partial charge in [0.15, 0.2) is 5.78 Å². The van der Waals surface area contributed by atoms with Crippen LogP contribution in [0.3, 0.4) is 0 Å². The number of alkyl halides is 4. The number of benzene rings is 1. The summed E-state index contributed by atoms with van der Waals surface area (Å²) in [5.41, 5.74) is -0.144. The first-order valence-electron chi connectivity index (χ1n) is 4.01. The highest BCUT2D eigenvalue weighted by atomic mass is 35.5. The van der Waals surface area contributed by atoms with E-state index in [-0.39, 0.29) is 5.56 Å². The maximum atomic E-state index is 11.9. The van der Waals surface area contributed by atoms with E-state index in [0.29, 0.717) is 0 Å². The lowest BCUT2D eigenvalue weighted by molar-refractivity contribution is -0.274. The van der Waals surface area contributed by atoms with E-state index in [4.69, 9.17) is 16.7 Å². The maximum absolute atomic E-state index is 11.9. The summed E-state index contributed by atoms with van der Waals surface area (Å²) in [6.07, 6.45) is -4.88. The second kappa shape index (κ2) is 4.61. The van der Waals surface area contributed by atoms with Gasteiger partial charge in [0.25, 0.3) is 0 Å². The minimum atomic E-state index is -4.88. The second-order valence-corrected chi connectivity index (χ2v) is 3.09. The summed E-state index contributed by atoms with van der Waals surface area (Å²) in [7, 11) is 0. The van der Waals surface area contributed by atoms with E-state index in [1.54, 1.807) is 0 Å². The first-order chi connectivity index (χ1) is 7.31. The average Bonchev–Trinajstić information content (AvgIpc) is 2.12. The maximum Gasteiger partial charge on any atom is 0.573 e. The first-order valence-corrected chi connectivity index (χ1v) is 4.54. The molecule has 0 spiro atoms. The van der Waals surface area contributed by atoms with E-state index in [2.05, 4.69) is 4.74 Å². The fourth-order valence-corrected chi connectivity index (χ4v) is 1.17. The molecule has 1 aromatic carbocycles. The van der Waals surface area contributed by atoms with Gasteiger partial charge in [0.2, 0.25) is 0 Å². The molecule has 1 aromatic rings. The van der Waals surface area contributed by atoms with Crippen molar-refractivity contribution < 1.29 is 27.8 Å². The summed E-state index contributed by atoms with van der Waals surface area (Å²) in [6, 6.07) is 2.62. The van der Waals surface area contributed by atoms with Crippen molar-refractivity contribution in [1.29, 1.82) is 0 Å². The standard InChI is InChI=1S/C9H6ClF3O3/c10-4-8(15)5-1-6(14)3-7(2-5)16-9(11,12)13/h1-3,14H,4H2. The predicted molar refractivity (Wildman–Crippen MR) is 49.8 cm³/mol. The summed E-state index contributed by atoms with van der Waals surface area (Å²) >= 11 is 5.23. The van der Waals surface area contributed by atoms with Crippen molar-refractivity contribution in [2.45, 2.75) is 6.36 Å². The topological polar surface area (TPSA) is 46.5 Å². The fraction of sp³-hybridized carbons (Fsp3) is 0.222. The van der Waals surface area contributed by atoms with E-state index >= 15 is 0 Å². The lowest BCUT2D eigenvalue weighted by Gasteiger charge is -2.10. The van der Waals surface area contributed by atoms with Gasteiger partial charge >= 0.3 is 6.36 Å². The molecule has 0 aromatic heterocycles. The molecule has 0 aliphatic carbocycles. The second-order valence-electron chi connectivity index (χ2n) is 2.82. The molecule has 1 N–H and O–H groups in total. The van der Waals surface area contributed by atoms with Crippen LogP contribution in [-0.4, -0.2) is 23.1 Å². The summed E-state index contributed by atoms with van der Waals surface area (Å²) in [4.78, 5) is 11.1. The van der Waals surface area contributed by atoms with Crippen LogP contribution >= 0.6 is 11.6 Å². The molecule has 16 heavy (non-hydrogen) atoms. The number of phenols is 1. The Morgan fingerprint density at radius 2 is 2.00 bits per heavy atom. The Labute approximate surface area is 93.4 Å². The Morgan fingerprint density at radius 1 is 1.38 bits per heavy atom. The number of hydrogen-bond acceptors (Lipinski definition) is 3. The zero-order valence-corrected chi connectivity index (χ0v) is 8.47. The van der Waals surface area contributed by atoms with E-state index in [0.717, 1.165) is 18.2 Å². The minimum absolute atomic E-state index is 0.144. The smallest absolute Gasteiger partial charge is 0.508 e. The number of aromatic hydroxyl groups is 1. The Balaban J connectivity index is 3.03. The zero-order valence-electron chi connectivity index (χ0n) is 7.71. The fourth-order valence-electron chi connectivity index (χ4n) is 1.01. The quantitative estimate of drug-likeness (QED) is 0.666. The van der Waals surface area contributed by atoms with E-state index in [1.165, 1.54) is 0 Å². The molecule has 0 atom stereocenters. The van der Waals surface area contributed by atoms with Crippen LogP contribution in [0.5, 0.6) is 11.5 Å². The molecule has 0 aliphatic heterocycles. The predicted octanol–water partition coefficient (Wildman–Crippen LogP) is 2.71. The van der Waals surface area contributed by atoms with Gasteiger partial charge in [-0.05, 0) is 12.1 Å². The molecule has 88 valence electrons. The molecule has 3 nitrogen and oxygen atoms in total. The zero-order chi connectivity index (χ0) is 12.3. The van der Waals surface area contributed by atoms with Crippen LogP contribution < -0.4 is 4.74 Å². The van der Waals surface area contributed by atoms with Gasteiger partial charge in [0.1, 0.15) is 11.5 Å². The number of hydrogen-bond donors (Lipinski definition) is 1. The molecule has 0 bridgehead atoms. The number of carbonyl (C=O) groups is 1. The highest BCUT2D eigenvalue weighted by Gasteiger charge is 2.31. The summed E-state index contributed by atoms with van der Waals surface area (Å²) in [5, 5.41) is 9.09. The molecular weight excluding hydrogens is 249 g/mol. The van der Waals surface area contributed by atoms with E-state index < -0.39 is 29.5 Å². The number of halogens is 4. The largest absolute Gasteiger partial charge is 0.573 e. The number of ketones is 1. The van der Waals surface area contributed by atoms with Gasteiger partial charge in [0, 0.05) is 11.6 Å². The van der Waals surface area contributed by atoms with Gasteiger partial charge < -0.3 is 9.84 Å². The van der Waals surface area contributed by atoms with Crippen molar-refractivity contribution in [3.63, 3.8) is 0 Å². The van der Waals surface area contributed by atoms with Crippen LogP contribution in [0, 0.1) is 0 Å². The molecule has 0 radical (unpaired) electrons. The average molecular weight is 255 g/mol. The van der Waals surface area contributed by atoms with Crippen LogP contribution in [0.4, 0.5) is 13.2 Å². The van der Waals surface area contributed by atoms with Crippen molar-refractivity contribution in [2.75, 3.05) is 5.88 Å². The van der Waals surface area contributed by atoms with Gasteiger partial charge in [-0.2, -0.15) is 0 Å². The molecule has 0 heterocycles. The van der Waals surface area contributed by atoms with Crippen LogP contribution in [0.2, 0.25) is 0 Å². The number of ether oxygens (including phenoxy) is 1. The molecule has 0 amide bonds. The van der Waals surface area contributed by atoms with Crippen LogP contribution in [-0.2, 0) is 0 Å². The third-order valence-corrected chi connectivity index (χ3v) is 1.81. The number of phenolic OH excluding ortho intramolecular Hbond substituents is 1. The molecule has 0 fully saturated rings. The molecule has 7 heteroatoms. The Kier molecular flexibility index (Phi) is 3.64. The third-order valence-electron chi connectivity index (χ3n) is 1.57. The molecule has 1 rings (SSSR count). The molecule has 0 saturated heterocycles. The highest BCUT2D eigenvalue weighted by molar-refractivity contribution is 6.30. The summed E-state index contributed by atoms with van der Waals surface area (Å²) in [5.74, 6) is -2.17. The van der Waals surface area contributed by atoms with Crippen LogP contribution in [0.25, 0.3) is 0 Å². The van der Waals surface area contributed by atoms with Gasteiger partial charge in [-0.3, -0.25) is 4.79 Å². The van der Waals surface area contributed by atoms with E-state index in [9.17, 15) is 18.0 Å². The number of rotatable bonds is 3. The Hall–Kier alpha value is -1.43. The SMILES string of the molecule is O=C(CCl)c1cc(O)cc(OC(F)(F)F)c1. The van der Waals surface area contributed by atoms with Crippen LogP contribution in [0.1, 0.15) is 10.4 Å². The van der Waals surface area contributed by atoms with Gasteiger partial charge in [-0.1, -0.05) is 0 Å². The van der Waals surface area contributed by atoms with Crippen molar-refractivity contribution in [1.82, 2.24) is 0 Å². The van der Waals surface area contributed by atoms with E-state index in [1.807, 2.05) is 0 Å². The van der Waals surface area contributed by atoms with Crippen LogP contribution in [0.15, 0.2) is 18.2 Å². The van der Waals surface area contributed by atoms with Crippen molar-refractivity contribution in [3.05, 3.63) is 23.8 Å². The molecule has 0 aliphatic rings. The van der Waals surface area contributed by atoms with Crippen molar-refractivity contribution in [3.8, 4) is 11.5 Å². The monoisotopic (exact) mass is 254 g/mol. The lowest BCUT2D eigenvalue weighted by Crippen LogP contribution is -2.17. The van der Waals surface area contributed by atoms with Crippen molar-refractivity contribution >= 4 is 17.4 Å². The highest BCUT2D eigenvalue weighted by Crippen LogP contribution is 2.27. The van der Waals surface area contributed by atoms with Crippen molar-refractivity contribution in [2.24, 2.45) is 0 Å². The van der Waals surface area contributed by atoms with Gasteiger partial charge in [0.05, 0.1) is 5.88 Å². The molecular formula is C9H6ClF3O3. The molecule has 0 unspecified atom stereocenters. The summed E-state index contributed by atoms with van der Waals surface area (Å²) < 4.78 is 39.2. The third kappa shape index (κ3) is 3.62. The van der Waals surface area contributed by atoms with Gasteiger partial charge in [-0.25, -0.2) is 0 Å². The Bertz CT molecular complexity index is 403. The minimum Gasteiger partial charge on any atom is -0.508 e. The number of carbonyl (C=O) groups excluding carboxylic acids is 1. The Morgan fingerprint density at radius 3 is 2.50 bits per heavy atom. The summed E-state index contributed by atoms with van der Waals surface area (Å²) in [6.45, 7) is 0. The normalized spacial score (nSPS) is 11.2.